The zero-order valence-corrected chi connectivity index (χ0v) is 13.2. The Morgan fingerprint density at radius 3 is 2.95 bits per heavy atom. The SMILES string of the molecule is CN(C)C[C@@H]1OC[C@H]2CCN(C(=O)c3cccn3C)C[C@H]21. The summed E-state index contributed by atoms with van der Waals surface area (Å²) < 4.78 is 7.87. The number of amides is 1. The molecule has 2 aliphatic heterocycles. The van der Waals surface area contributed by atoms with Crippen LogP contribution in [0.1, 0.15) is 16.9 Å². The van der Waals surface area contributed by atoms with E-state index in [2.05, 4.69) is 19.0 Å². The minimum absolute atomic E-state index is 0.149. The van der Waals surface area contributed by atoms with Crippen LogP contribution in [-0.4, -0.2) is 66.7 Å². The number of fused-ring (bicyclic) bond motifs is 1. The summed E-state index contributed by atoms with van der Waals surface area (Å²) >= 11 is 0. The number of rotatable bonds is 3. The van der Waals surface area contributed by atoms with Crippen LogP contribution < -0.4 is 0 Å². The molecule has 3 rings (SSSR count). The Labute approximate surface area is 126 Å². The summed E-state index contributed by atoms with van der Waals surface area (Å²) in [5, 5.41) is 0. The van der Waals surface area contributed by atoms with Crippen LogP contribution in [0.15, 0.2) is 18.3 Å². The van der Waals surface area contributed by atoms with Crippen LogP contribution in [0.4, 0.5) is 0 Å². The maximum atomic E-state index is 12.7. The van der Waals surface area contributed by atoms with E-state index >= 15 is 0 Å². The zero-order chi connectivity index (χ0) is 15.0. The van der Waals surface area contributed by atoms with Crippen molar-refractivity contribution in [3.8, 4) is 0 Å². The summed E-state index contributed by atoms with van der Waals surface area (Å²) in [5.41, 5.74) is 0.775. The fraction of sp³-hybridized carbons (Fsp3) is 0.688. The number of aryl methyl sites for hydroxylation is 1. The molecule has 21 heavy (non-hydrogen) atoms. The molecule has 1 aromatic heterocycles. The standard InChI is InChI=1S/C16H25N3O2/c1-17(2)10-15-13-9-19(8-6-12(13)11-21-15)16(20)14-5-4-7-18(14)3/h4-5,7,12-13,15H,6,8-11H2,1-3H3/t12-,13-,15+/m1/s1. The first-order chi connectivity index (χ1) is 10.1. The lowest BCUT2D eigenvalue weighted by molar-refractivity contribution is 0.0466. The van der Waals surface area contributed by atoms with Crippen LogP contribution in [-0.2, 0) is 11.8 Å². The van der Waals surface area contributed by atoms with Gasteiger partial charge in [0.1, 0.15) is 5.69 Å². The van der Waals surface area contributed by atoms with Gasteiger partial charge in [-0.15, -0.1) is 0 Å². The zero-order valence-electron chi connectivity index (χ0n) is 13.2. The minimum Gasteiger partial charge on any atom is -0.376 e. The number of hydrogen-bond acceptors (Lipinski definition) is 3. The Hall–Kier alpha value is -1.33. The Morgan fingerprint density at radius 2 is 2.29 bits per heavy atom. The van der Waals surface area contributed by atoms with Gasteiger partial charge in [-0.25, -0.2) is 0 Å². The predicted molar refractivity (Wildman–Crippen MR) is 81.2 cm³/mol. The fourth-order valence-corrected chi connectivity index (χ4v) is 3.61. The number of aromatic nitrogens is 1. The lowest BCUT2D eigenvalue weighted by Crippen LogP contribution is -2.47. The van der Waals surface area contributed by atoms with E-state index < -0.39 is 0 Å². The summed E-state index contributed by atoms with van der Waals surface area (Å²) in [6, 6.07) is 3.82. The van der Waals surface area contributed by atoms with Gasteiger partial charge in [0.05, 0.1) is 12.7 Å². The van der Waals surface area contributed by atoms with Gasteiger partial charge in [0.2, 0.25) is 0 Å². The van der Waals surface area contributed by atoms with Gasteiger partial charge >= 0.3 is 0 Å². The number of hydrogen-bond donors (Lipinski definition) is 0. The molecule has 3 heterocycles. The number of carbonyl (C=O) groups excluding carboxylic acids is 1. The highest BCUT2D eigenvalue weighted by atomic mass is 16.5. The Bertz CT molecular complexity index is 511. The number of nitrogens with zero attached hydrogens (tertiary/aromatic N) is 3. The first-order valence-electron chi connectivity index (χ1n) is 7.73. The van der Waals surface area contributed by atoms with Crippen molar-refractivity contribution >= 4 is 5.91 Å². The molecule has 0 bridgehead atoms. The van der Waals surface area contributed by atoms with Crippen molar-refractivity contribution in [3.05, 3.63) is 24.0 Å². The third kappa shape index (κ3) is 2.85. The van der Waals surface area contributed by atoms with Crippen LogP contribution >= 0.6 is 0 Å². The first kappa shape index (κ1) is 14.6. The van der Waals surface area contributed by atoms with Gasteiger partial charge in [0.15, 0.2) is 0 Å². The number of ether oxygens (including phenoxy) is 1. The average Bonchev–Trinajstić information content (AvgIpc) is 3.04. The van der Waals surface area contributed by atoms with Crippen LogP contribution in [0.25, 0.3) is 0 Å². The van der Waals surface area contributed by atoms with E-state index in [4.69, 9.17) is 4.74 Å². The maximum Gasteiger partial charge on any atom is 0.270 e. The van der Waals surface area contributed by atoms with Gasteiger partial charge in [-0.05, 0) is 38.6 Å². The van der Waals surface area contributed by atoms with Crippen molar-refractivity contribution in [2.45, 2.75) is 12.5 Å². The second kappa shape index (κ2) is 5.81. The number of likely N-dealkylation sites (N-methyl/N-ethyl adjacent to an activating group) is 1. The second-order valence-electron chi connectivity index (χ2n) is 6.60. The van der Waals surface area contributed by atoms with Crippen molar-refractivity contribution in [2.24, 2.45) is 18.9 Å². The molecule has 0 aromatic carbocycles. The number of carbonyl (C=O) groups is 1. The van der Waals surface area contributed by atoms with Crippen molar-refractivity contribution < 1.29 is 9.53 Å². The van der Waals surface area contributed by atoms with Gasteiger partial charge in [0, 0.05) is 38.8 Å². The van der Waals surface area contributed by atoms with E-state index in [-0.39, 0.29) is 12.0 Å². The van der Waals surface area contributed by atoms with E-state index in [0.29, 0.717) is 11.8 Å². The second-order valence-corrected chi connectivity index (χ2v) is 6.60. The molecule has 0 radical (unpaired) electrons. The molecule has 0 unspecified atom stereocenters. The third-order valence-electron chi connectivity index (χ3n) is 4.80. The predicted octanol–water partition coefficient (Wildman–Crippen LogP) is 1.06. The normalized spacial score (nSPS) is 29.0. The van der Waals surface area contributed by atoms with Crippen molar-refractivity contribution in [1.82, 2.24) is 14.4 Å². The highest BCUT2D eigenvalue weighted by molar-refractivity contribution is 5.92. The van der Waals surface area contributed by atoms with Crippen LogP contribution in [0.3, 0.4) is 0 Å². The quantitative estimate of drug-likeness (QED) is 0.836. The monoisotopic (exact) mass is 291 g/mol. The fourth-order valence-electron chi connectivity index (χ4n) is 3.61. The molecular formula is C16H25N3O2. The first-order valence-corrected chi connectivity index (χ1v) is 7.73. The summed E-state index contributed by atoms with van der Waals surface area (Å²) in [6.45, 7) is 3.47. The van der Waals surface area contributed by atoms with Gasteiger partial charge in [-0.2, -0.15) is 0 Å². The van der Waals surface area contributed by atoms with E-state index in [1.54, 1.807) is 0 Å². The number of likely N-dealkylation sites (tertiary alicyclic amines) is 1. The van der Waals surface area contributed by atoms with Gasteiger partial charge in [0.25, 0.3) is 5.91 Å². The molecule has 1 aromatic rings. The Kier molecular flexibility index (Phi) is 4.04. The van der Waals surface area contributed by atoms with E-state index in [1.807, 2.05) is 34.8 Å². The molecule has 0 spiro atoms. The highest BCUT2D eigenvalue weighted by Gasteiger charge is 2.42. The molecule has 0 N–H and O–H groups in total. The average molecular weight is 291 g/mol. The van der Waals surface area contributed by atoms with Gasteiger partial charge in [-0.3, -0.25) is 4.79 Å². The van der Waals surface area contributed by atoms with Crippen LogP contribution in [0.5, 0.6) is 0 Å². The molecular weight excluding hydrogens is 266 g/mol. The number of piperidine rings is 1. The molecule has 0 saturated carbocycles. The Morgan fingerprint density at radius 1 is 1.48 bits per heavy atom. The molecule has 5 nitrogen and oxygen atoms in total. The molecule has 2 saturated heterocycles. The van der Waals surface area contributed by atoms with Crippen molar-refractivity contribution in [1.29, 1.82) is 0 Å². The summed E-state index contributed by atoms with van der Waals surface area (Å²) in [4.78, 5) is 16.8. The largest absolute Gasteiger partial charge is 0.376 e. The summed E-state index contributed by atoms with van der Waals surface area (Å²) in [6.07, 6.45) is 3.24. The molecule has 2 aliphatic rings. The van der Waals surface area contributed by atoms with Gasteiger partial charge in [-0.1, -0.05) is 0 Å². The Balaban J connectivity index is 1.70. The van der Waals surface area contributed by atoms with E-state index in [0.717, 1.165) is 38.4 Å². The molecule has 0 aliphatic carbocycles. The van der Waals surface area contributed by atoms with E-state index in [9.17, 15) is 4.79 Å². The van der Waals surface area contributed by atoms with E-state index in [1.165, 1.54) is 0 Å². The lowest BCUT2D eigenvalue weighted by Gasteiger charge is -2.36. The molecule has 5 heteroatoms. The molecule has 3 atom stereocenters. The maximum absolute atomic E-state index is 12.7. The summed E-state index contributed by atoms with van der Waals surface area (Å²) in [5.74, 6) is 1.24. The highest BCUT2D eigenvalue weighted by Crippen LogP contribution is 2.34. The smallest absolute Gasteiger partial charge is 0.270 e. The van der Waals surface area contributed by atoms with Gasteiger partial charge < -0.3 is 19.1 Å². The molecule has 1 amide bonds. The third-order valence-corrected chi connectivity index (χ3v) is 4.80. The van der Waals surface area contributed by atoms with Crippen LogP contribution in [0, 0.1) is 11.8 Å². The molecule has 116 valence electrons. The van der Waals surface area contributed by atoms with Crippen LogP contribution in [0.2, 0.25) is 0 Å². The van der Waals surface area contributed by atoms with Crippen molar-refractivity contribution in [3.63, 3.8) is 0 Å². The minimum atomic E-state index is 0.149. The topological polar surface area (TPSA) is 37.7 Å². The van der Waals surface area contributed by atoms with Crippen molar-refractivity contribution in [2.75, 3.05) is 40.3 Å². The lowest BCUT2D eigenvalue weighted by atomic mass is 9.84. The summed E-state index contributed by atoms with van der Waals surface area (Å²) in [7, 11) is 6.08. The molecule has 2 fully saturated rings.